The van der Waals surface area contributed by atoms with E-state index in [1.54, 1.807) is 0 Å². The predicted molar refractivity (Wildman–Crippen MR) is 77.0 cm³/mol. The molecule has 1 aromatic rings. The first kappa shape index (κ1) is 15.0. The fourth-order valence-electron chi connectivity index (χ4n) is 1.71. The Labute approximate surface area is 114 Å². The Morgan fingerprint density at radius 1 is 1.37 bits per heavy atom. The highest BCUT2D eigenvalue weighted by Crippen LogP contribution is 2.16. The van der Waals surface area contributed by atoms with Crippen molar-refractivity contribution in [2.75, 3.05) is 18.4 Å². The lowest BCUT2D eigenvalue weighted by atomic mass is 10.1. The van der Waals surface area contributed by atoms with Gasteiger partial charge in [0.05, 0.1) is 0 Å². The second-order valence-corrected chi connectivity index (χ2v) is 4.42. The third kappa shape index (κ3) is 4.25. The van der Waals surface area contributed by atoms with Gasteiger partial charge in [-0.05, 0) is 44.0 Å². The number of carbonyl (C=O) groups excluding carboxylic acids is 2. The molecule has 102 valence electrons. The molecule has 0 saturated heterocycles. The minimum Gasteiger partial charge on any atom is -0.330 e. The van der Waals surface area contributed by atoms with Crippen molar-refractivity contribution in [1.82, 2.24) is 4.90 Å². The van der Waals surface area contributed by atoms with Gasteiger partial charge in [0.15, 0.2) is 0 Å². The zero-order valence-corrected chi connectivity index (χ0v) is 11.7. The molecule has 0 saturated carbocycles. The van der Waals surface area contributed by atoms with Crippen LogP contribution >= 0.6 is 0 Å². The Balaban J connectivity index is 2.71. The van der Waals surface area contributed by atoms with E-state index in [-0.39, 0.29) is 18.4 Å². The summed E-state index contributed by atoms with van der Waals surface area (Å²) in [5, 5.41) is 2.83. The Morgan fingerprint density at radius 2 is 2.05 bits per heavy atom. The van der Waals surface area contributed by atoms with Gasteiger partial charge in [0, 0.05) is 12.2 Å². The normalized spacial score (nSPS) is 9.84. The molecule has 4 nitrogen and oxygen atoms in total. The van der Waals surface area contributed by atoms with Crippen molar-refractivity contribution in [2.24, 2.45) is 0 Å². The van der Waals surface area contributed by atoms with E-state index in [0.717, 1.165) is 16.8 Å². The fourth-order valence-corrected chi connectivity index (χ4v) is 1.71. The summed E-state index contributed by atoms with van der Waals surface area (Å²) in [5.41, 5.74) is 2.86. The molecule has 0 heterocycles. The minimum absolute atomic E-state index is 0.0364. The average molecular weight is 260 g/mol. The number of hydrogen-bond acceptors (Lipinski definition) is 2. The van der Waals surface area contributed by atoms with Gasteiger partial charge in [0.25, 0.3) is 0 Å². The SMILES string of the molecule is C=CC(=O)N(CC)CC(=O)Nc1cc(C)ccc1C. The second-order valence-electron chi connectivity index (χ2n) is 4.42. The monoisotopic (exact) mass is 260 g/mol. The highest BCUT2D eigenvalue weighted by Gasteiger charge is 2.13. The van der Waals surface area contributed by atoms with E-state index in [1.807, 2.05) is 39.0 Å². The van der Waals surface area contributed by atoms with Crippen LogP contribution in [0.3, 0.4) is 0 Å². The van der Waals surface area contributed by atoms with E-state index in [0.29, 0.717) is 6.54 Å². The number of nitrogens with one attached hydrogen (secondary N) is 1. The summed E-state index contributed by atoms with van der Waals surface area (Å²) in [4.78, 5) is 24.8. The van der Waals surface area contributed by atoms with Gasteiger partial charge in [-0.15, -0.1) is 0 Å². The van der Waals surface area contributed by atoms with Crippen LogP contribution in [0.2, 0.25) is 0 Å². The Kier molecular flexibility index (Phi) is 5.30. The maximum atomic E-state index is 11.9. The molecule has 0 atom stereocenters. The molecular formula is C15H20N2O2. The first-order valence-corrected chi connectivity index (χ1v) is 6.26. The summed E-state index contributed by atoms with van der Waals surface area (Å²) in [7, 11) is 0. The zero-order chi connectivity index (χ0) is 14.4. The number of rotatable bonds is 5. The summed E-state index contributed by atoms with van der Waals surface area (Å²) in [6.07, 6.45) is 1.22. The lowest BCUT2D eigenvalue weighted by Gasteiger charge is -2.19. The zero-order valence-electron chi connectivity index (χ0n) is 11.7. The molecule has 0 radical (unpaired) electrons. The predicted octanol–water partition coefficient (Wildman–Crippen LogP) is 2.28. The van der Waals surface area contributed by atoms with Gasteiger partial charge in [-0.2, -0.15) is 0 Å². The van der Waals surface area contributed by atoms with E-state index in [4.69, 9.17) is 0 Å². The number of nitrogens with zero attached hydrogens (tertiary/aromatic N) is 1. The van der Waals surface area contributed by atoms with Crippen molar-refractivity contribution >= 4 is 17.5 Å². The molecule has 2 amide bonds. The van der Waals surface area contributed by atoms with Gasteiger partial charge in [-0.3, -0.25) is 9.59 Å². The molecular weight excluding hydrogens is 240 g/mol. The van der Waals surface area contributed by atoms with Crippen LogP contribution in [0.25, 0.3) is 0 Å². The van der Waals surface area contributed by atoms with Crippen LogP contribution in [0.4, 0.5) is 5.69 Å². The van der Waals surface area contributed by atoms with Gasteiger partial charge in [-0.1, -0.05) is 18.7 Å². The molecule has 0 aliphatic carbocycles. The average Bonchev–Trinajstić information content (AvgIpc) is 2.39. The van der Waals surface area contributed by atoms with E-state index in [9.17, 15) is 9.59 Å². The largest absolute Gasteiger partial charge is 0.330 e. The summed E-state index contributed by atoms with van der Waals surface area (Å²) < 4.78 is 0. The lowest BCUT2D eigenvalue weighted by Crippen LogP contribution is -2.36. The molecule has 4 heteroatoms. The van der Waals surface area contributed by atoms with Crippen LogP contribution < -0.4 is 5.32 Å². The van der Waals surface area contributed by atoms with Crippen molar-refractivity contribution in [1.29, 1.82) is 0 Å². The Hall–Kier alpha value is -2.10. The lowest BCUT2D eigenvalue weighted by molar-refractivity contribution is -0.130. The third-order valence-corrected chi connectivity index (χ3v) is 2.87. The first-order valence-electron chi connectivity index (χ1n) is 6.26. The first-order chi connectivity index (χ1) is 8.97. The maximum absolute atomic E-state index is 11.9. The van der Waals surface area contributed by atoms with E-state index in [1.165, 1.54) is 11.0 Å². The third-order valence-electron chi connectivity index (χ3n) is 2.87. The van der Waals surface area contributed by atoms with Crippen LogP contribution in [0, 0.1) is 13.8 Å². The van der Waals surface area contributed by atoms with Gasteiger partial charge in [0.1, 0.15) is 6.54 Å². The minimum atomic E-state index is -0.237. The van der Waals surface area contributed by atoms with Gasteiger partial charge >= 0.3 is 0 Å². The van der Waals surface area contributed by atoms with Crippen LogP contribution in [0.1, 0.15) is 18.1 Å². The number of aryl methyl sites for hydroxylation is 2. The Bertz CT molecular complexity index is 495. The summed E-state index contributed by atoms with van der Waals surface area (Å²) in [6.45, 7) is 9.66. The Morgan fingerprint density at radius 3 is 2.63 bits per heavy atom. The summed E-state index contributed by atoms with van der Waals surface area (Å²) in [5.74, 6) is -0.440. The number of hydrogen-bond donors (Lipinski definition) is 1. The van der Waals surface area contributed by atoms with Crippen molar-refractivity contribution in [3.05, 3.63) is 42.0 Å². The van der Waals surface area contributed by atoms with Gasteiger partial charge < -0.3 is 10.2 Å². The van der Waals surface area contributed by atoms with Crippen LogP contribution in [0.15, 0.2) is 30.9 Å². The standard InChI is InChI=1S/C15H20N2O2/c1-5-15(19)17(6-2)10-14(18)16-13-9-11(3)7-8-12(13)4/h5,7-9H,1,6,10H2,2-4H3,(H,16,18). The summed E-state index contributed by atoms with van der Waals surface area (Å²) in [6, 6.07) is 5.86. The van der Waals surface area contributed by atoms with Crippen molar-refractivity contribution in [3.63, 3.8) is 0 Å². The molecule has 0 unspecified atom stereocenters. The number of anilines is 1. The molecule has 0 aliphatic heterocycles. The molecule has 0 bridgehead atoms. The quantitative estimate of drug-likeness (QED) is 0.826. The van der Waals surface area contributed by atoms with Gasteiger partial charge in [0.2, 0.25) is 11.8 Å². The number of likely N-dealkylation sites (N-methyl/N-ethyl adjacent to an activating group) is 1. The second kappa shape index (κ2) is 6.73. The van der Waals surface area contributed by atoms with Crippen molar-refractivity contribution in [3.8, 4) is 0 Å². The van der Waals surface area contributed by atoms with Crippen molar-refractivity contribution < 1.29 is 9.59 Å². The van der Waals surface area contributed by atoms with Crippen LogP contribution in [0.5, 0.6) is 0 Å². The van der Waals surface area contributed by atoms with E-state index in [2.05, 4.69) is 11.9 Å². The van der Waals surface area contributed by atoms with E-state index < -0.39 is 0 Å². The van der Waals surface area contributed by atoms with Crippen molar-refractivity contribution in [2.45, 2.75) is 20.8 Å². The van der Waals surface area contributed by atoms with Crippen LogP contribution in [-0.4, -0.2) is 29.8 Å². The molecule has 1 N–H and O–H groups in total. The number of amides is 2. The molecule has 0 aliphatic rings. The number of carbonyl (C=O) groups is 2. The molecule has 1 rings (SSSR count). The highest BCUT2D eigenvalue weighted by atomic mass is 16.2. The maximum Gasteiger partial charge on any atom is 0.246 e. The molecule has 0 fully saturated rings. The number of benzene rings is 1. The van der Waals surface area contributed by atoms with E-state index >= 15 is 0 Å². The molecule has 19 heavy (non-hydrogen) atoms. The van der Waals surface area contributed by atoms with Gasteiger partial charge in [-0.25, -0.2) is 0 Å². The molecule has 0 spiro atoms. The summed E-state index contributed by atoms with van der Waals surface area (Å²) >= 11 is 0. The highest BCUT2D eigenvalue weighted by molar-refractivity contribution is 5.96. The van der Waals surface area contributed by atoms with Crippen LogP contribution in [-0.2, 0) is 9.59 Å². The topological polar surface area (TPSA) is 49.4 Å². The molecule has 0 aromatic heterocycles. The molecule has 1 aromatic carbocycles. The smallest absolute Gasteiger partial charge is 0.246 e. The fraction of sp³-hybridized carbons (Fsp3) is 0.333.